The van der Waals surface area contributed by atoms with Crippen LogP contribution in [-0.2, 0) is 19.0 Å². The second kappa shape index (κ2) is 12.8. The minimum atomic E-state index is -1.06. The van der Waals surface area contributed by atoms with E-state index in [1.54, 1.807) is 28.0 Å². The van der Waals surface area contributed by atoms with Gasteiger partial charge >= 0.3 is 12.2 Å². The number of methoxy groups -OCH3 is 1. The highest BCUT2D eigenvalue weighted by atomic mass is 16.6. The summed E-state index contributed by atoms with van der Waals surface area (Å²) in [7, 11) is 1.28. The lowest BCUT2D eigenvalue weighted by molar-refractivity contribution is -0.144. The highest BCUT2D eigenvalue weighted by Crippen LogP contribution is 2.42. The van der Waals surface area contributed by atoms with Crippen molar-refractivity contribution >= 4 is 29.7 Å². The molecule has 0 unspecified atom stereocenters. The zero-order valence-electron chi connectivity index (χ0n) is 25.6. The van der Waals surface area contributed by atoms with E-state index in [-0.39, 0.29) is 43.1 Å². The van der Waals surface area contributed by atoms with E-state index in [1.165, 1.54) is 7.11 Å². The van der Waals surface area contributed by atoms with Gasteiger partial charge in [-0.05, 0) is 65.7 Å². The third-order valence-electron chi connectivity index (χ3n) is 7.76. The number of benzene rings is 1. The van der Waals surface area contributed by atoms with E-state index in [1.807, 2.05) is 39.5 Å². The first-order chi connectivity index (χ1) is 19.8. The number of fused-ring (bicyclic) bond motifs is 1. The van der Waals surface area contributed by atoms with Gasteiger partial charge in [0.15, 0.2) is 5.60 Å². The minimum Gasteiger partial charge on any atom is -0.475 e. The summed E-state index contributed by atoms with van der Waals surface area (Å²) in [6, 6.07) is 4.81. The number of nitrogens with one attached hydrogen (secondary N) is 1. The summed E-state index contributed by atoms with van der Waals surface area (Å²) in [5, 5.41) is 2.62. The third kappa shape index (κ3) is 6.91. The van der Waals surface area contributed by atoms with Crippen molar-refractivity contribution in [3.8, 4) is 5.75 Å². The Morgan fingerprint density at radius 3 is 2.55 bits per heavy atom. The first-order valence-corrected chi connectivity index (χ1v) is 14.7. The van der Waals surface area contributed by atoms with Gasteiger partial charge in [0.25, 0.3) is 11.8 Å². The Hall–Kier alpha value is -3.54. The molecular formula is C30H44N4O8. The minimum absolute atomic E-state index is 0.138. The van der Waals surface area contributed by atoms with Gasteiger partial charge in [-0.2, -0.15) is 0 Å². The molecule has 1 spiro atoms. The van der Waals surface area contributed by atoms with E-state index in [0.29, 0.717) is 56.1 Å². The molecule has 4 amide bonds. The number of hydrogen-bond acceptors (Lipinski definition) is 8. The van der Waals surface area contributed by atoms with E-state index in [4.69, 9.17) is 14.2 Å². The van der Waals surface area contributed by atoms with Gasteiger partial charge in [0.1, 0.15) is 11.4 Å². The van der Waals surface area contributed by atoms with Gasteiger partial charge in [-0.3, -0.25) is 9.59 Å². The molecule has 0 saturated carbocycles. The van der Waals surface area contributed by atoms with Crippen molar-refractivity contribution in [2.45, 2.75) is 83.6 Å². The van der Waals surface area contributed by atoms with Crippen LogP contribution in [0.4, 0.5) is 15.3 Å². The second-order valence-electron chi connectivity index (χ2n) is 12.3. The number of amides is 4. The molecule has 0 radical (unpaired) electrons. The molecule has 2 fully saturated rings. The molecule has 1 atom stereocenters. The monoisotopic (exact) mass is 588 g/mol. The largest absolute Gasteiger partial charge is 0.475 e. The molecule has 3 aliphatic heterocycles. The van der Waals surface area contributed by atoms with Crippen LogP contribution in [0.5, 0.6) is 5.75 Å². The number of carbonyl (C=O) groups is 4. The van der Waals surface area contributed by atoms with Crippen molar-refractivity contribution in [3.05, 3.63) is 23.8 Å². The molecule has 232 valence electrons. The maximum atomic E-state index is 14.1. The summed E-state index contributed by atoms with van der Waals surface area (Å²) >= 11 is 0. The lowest BCUT2D eigenvalue weighted by atomic mass is 9.90. The molecular weight excluding hydrogens is 544 g/mol. The fourth-order valence-electron chi connectivity index (χ4n) is 5.78. The van der Waals surface area contributed by atoms with Crippen LogP contribution in [0.15, 0.2) is 18.2 Å². The number of hydrogen-bond donors (Lipinski definition) is 1. The van der Waals surface area contributed by atoms with Crippen molar-refractivity contribution < 1.29 is 38.1 Å². The van der Waals surface area contributed by atoms with Crippen LogP contribution < -0.4 is 15.0 Å². The van der Waals surface area contributed by atoms with Crippen LogP contribution in [0.2, 0.25) is 0 Å². The molecule has 1 N–H and O–H groups in total. The van der Waals surface area contributed by atoms with E-state index < -0.39 is 17.3 Å². The number of piperidine rings is 1. The van der Waals surface area contributed by atoms with Gasteiger partial charge in [0.05, 0.1) is 32.1 Å². The van der Waals surface area contributed by atoms with Gasteiger partial charge in [0, 0.05) is 50.6 Å². The highest BCUT2D eigenvalue weighted by molar-refractivity contribution is 6.05. The first-order valence-electron chi connectivity index (χ1n) is 14.7. The van der Waals surface area contributed by atoms with Gasteiger partial charge in [-0.15, -0.1) is 0 Å². The summed E-state index contributed by atoms with van der Waals surface area (Å²) < 4.78 is 22.1. The molecule has 12 nitrogen and oxygen atoms in total. The Labute approximate surface area is 247 Å². The highest BCUT2D eigenvalue weighted by Gasteiger charge is 2.49. The second-order valence-corrected chi connectivity index (χ2v) is 12.3. The van der Waals surface area contributed by atoms with Crippen molar-refractivity contribution in [2.75, 3.05) is 51.4 Å². The summed E-state index contributed by atoms with van der Waals surface area (Å²) in [5.74, 6) is 0.0711. The normalized spacial score (nSPS) is 20.1. The molecule has 1 aromatic carbocycles. The Balaban J connectivity index is 1.60. The van der Waals surface area contributed by atoms with Gasteiger partial charge in [-0.25, -0.2) is 9.59 Å². The maximum absolute atomic E-state index is 14.1. The standard InChI is InChI=1S/C30H44N4O8/c1-20(2)34(22-8-7-14-32(19-22)28(38)42-29(3,4)5)25(35)21-9-10-24-23(18-21)33(15-13-31-27(37)39-6)26(36)30(41-24)11-16-40-17-12-30/h9-10,18,20,22H,7-8,11-17,19H2,1-6H3,(H,31,37)/t22-/m1/s1. The summed E-state index contributed by atoms with van der Waals surface area (Å²) in [6.45, 7) is 11.5. The maximum Gasteiger partial charge on any atom is 0.410 e. The number of nitrogens with zero attached hydrogens (tertiary/aromatic N) is 3. The zero-order chi connectivity index (χ0) is 30.7. The summed E-state index contributed by atoms with van der Waals surface area (Å²) in [4.78, 5) is 57.4. The van der Waals surface area contributed by atoms with Gasteiger partial charge in [0.2, 0.25) is 0 Å². The van der Waals surface area contributed by atoms with Crippen molar-refractivity contribution in [3.63, 3.8) is 0 Å². The summed E-state index contributed by atoms with van der Waals surface area (Å²) in [5.41, 5.74) is -0.791. The van der Waals surface area contributed by atoms with Crippen LogP contribution in [0, 0.1) is 0 Å². The Kier molecular flexibility index (Phi) is 9.54. The van der Waals surface area contributed by atoms with Crippen molar-refractivity contribution in [1.82, 2.24) is 15.1 Å². The number of ether oxygens (including phenoxy) is 4. The molecule has 2 saturated heterocycles. The molecule has 1 aromatic rings. The molecule has 4 rings (SSSR count). The SMILES string of the molecule is COC(=O)NCCN1C(=O)C2(CCOCC2)Oc2ccc(C(=O)N(C(C)C)[C@@H]3CCCN(C(=O)OC(C)(C)C)C3)cc21. The molecule has 0 aromatic heterocycles. The van der Waals surface area contributed by atoms with Crippen LogP contribution >= 0.6 is 0 Å². The van der Waals surface area contributed by atoms with Crippen LogP contribution in [0.1, 0.15) is 70.7 Å². The Morgan fingerprint density at radius 2 is 1.90 bits per heavy atom. The fraction of sp³-hybridized carbons (Fsp3) is 0.667. The zero-order valence-corrected chi connectivity index (χ0v) is 25.6. The Morgan fingerprint density at radius 1 is 1.19 bits per heavy atom. The number of anilines is 1. The molecule has 0 bridgehead atoms. The quantitative estimate of drug-likeness (QED) is 0.535. The molecule has 3 aliphatic rings. The van der Waals surface area contributed by atoms with Crippen LogP contribution in [-0.4, -0.2) is 104 Å². The third-order valence-corrected chi connectivity index (χ3v) is 7.76. The number of likely N-dealkylation sites (tertiary alicyclic amines) is 1. The number of carbonyl (C=O) groups excluding carboxylic acids is 4. The molecule has 12 heteroatoms. The Bertz CT molecular complexity index is 1170. The van der Waals surface area contributed by atoms with Crippen LogP contribution in [0.25, 0.3) is 0 Å². The van der Waals surface area contributed by atoms with Crippen molar-refractivity contribution in [1.29, 1.82) is 0 Å². The predicted octanol–water partition coefficient (Wildman–Crippen LogP) is 3.57. The fourth-order valence-corrected chi connectivity index (χ4v) is 5.78. The average molecular weight is 589 g/mol. The number of rotatable bonds is 6. The van der Waals surface area contributed by atoms with E-state index >= 15 is 0 Å². The lowest BCUT2D eigenvalue weighted by Gasteiger charge is -2.44. The summed E-state index contributed by atoms with van der Waals surface area (Å²) in [6.07, 6.45) is 1.34. The molecule has 0 aliphatic carbocycles. The van der Waals surface area contributed by atoms with E-state index in [2.05, 4.69) is 10.1 Å². The molecule has 3 heterocycles. The number of alkyl carbamates (subject to hydrolysis) is 1. The topological polar surface area (TPSA) is 127 Å². The van der Waals surface area contributed by atoms with Gasteiger partial charge in [-0.1, -0.05) is 0 Å². The average Bonchev–Trinajstić information content (AvgIpc) is 2.94. The van der Waals surface area contributed by atoms with Gasteiger partial charge < -0.3 is 39.0 Å². The predicted molar refractivity (Wildman–Crippen MR) is 155 cm³/mol. The first kappa shape index (κ1) is 31.4. The van der Waals surface area contributed by atoms with E-state index in [9.17, 15) is 19.2 Å². The molecule has 42 heavy (non-hydrogen) atoms. The van der Waals surface area contributed by atoms with E-state index in [0.717, 1.165) is 12.8 Å². The van der Waals surface area contributed by atoms with Crippen LogP contribution in [0.3, 0.4) is 0 Å². The lowest BCUT2D eigenvalue weighted by Crippen LogP contribution is -2.59. The smallest absolute Gasteiger partial charge is 0.410 e. The van der Waals surface area contributed by atoms with Crippen molar-refractivity contribution in [2.24, 2.45) is 0 Å².